The molecule has 1 fully saturated rings. The Bertz CT molecular complexity index is 367. The number of rotatable bonds is 2. The van der Waals surface area contributed by atoms with Gasteiger partial charge in [0.15, 0.2) is 5.78 Å². The van der Waals surface area contributed by atoms with Crippen molar-refractivity contribution in [2.24, 2.45) is 5.92 Å². The number of piperidine rings is 1. The normalized spacial score (nSPS) is 20.8. The summed E-state index contributed by atoms with van der Waals surface area (Å²) in [5.41, 5.74) is 0. The molecule has 0 bridgehead atoms. The molecule has 1 aliphatic heterocycles. The number of hydrogen-bond acceptors (Lipinski definition) is 4. The first-order valence-corrected chi connectivity index (χ1v) is 5.32. The lowest BCUT2D eigenvalue weighted by atomic mass is 9.95. The van der Waals surface area contributed by atoms with Gasteiger partial charge in [0.1, 0.15) is 5.92 Å². The number of nitrogens with zero attached hydrogens (tertiary/aromatic N) is 1. The van der Waals surface area contributed by atoms with Gasteiger partial charge < -0.3 is 9.64 Å². The van der Waals surface area contributed by atoms with Gasteiger partial charge in [-0.2, -0.15) is 13.2 Å². The zero-order valence-corrected chi connectivity index (χ0v) is 9.62. The molecule has 1 amide bonds. The number of hydrogen-bond donors (Lipinski definition) is 0. The van der Waals surface area contributed by atoms with Crippen LogP contribution in [-0.4, -0.2) is 48.4 Å². The van der Waals surface area contributed by atoms with Gasteiger partial charge in [-0.1, -0.05) is 0 Å². The van der Waals surface area contributed by atoms with Gasteiger partial charge in [0, 0.05) is 6.54 Å². The largest absolute Gasteiger partial charge is 0.471 e. The number of esters is 1. The number of carbonyl (C=O) groups is 3. The van der Waals surface area contributed by atoms with Gasteiger partial charge in [0.2, 0.25) is 0 Å². The Hall–Kier alpha value is -1.60. The highest BCUT2D eigenvalue weighted by Crippen LogP contribution is 2.22. The molecule has 0 saturated carbocycles. The number of ether oxygens (including phenoxy) is 1. The lowest BCUT2D eigenvalue weighted by molar-refractivity contribution is -0.187. The van der Waals surface area contributed by atoms with Crippen molar-refractivity contribution in [3.05, 3.63) is 0 Å². The van der Waals surface area contributed by atoms with Crippen molar-refractivity contribution in [2.75, 3.05) is 19.7 Å². The van der Waals surface area contributed by atoms with Crippen molar-refractivity contribution in [2.45, 2.75) is 19.5 Å². The van der Waals surface area contributed by atoms with E-state index in [1.54, 1.807) is 6.92 Å². The van der Waals surface area contributed by atoms with E-state index in [0.29, 0.717) is 4.90 Å². The van der Waals surface area contributed by atoms with Crippen molar-refractivity contribution >= 4 is 17.7 Å². The molecule has 102 valence electrons. The molecule has 18 heavy (non-hydrogen) atoms. The molecule has 1 heterocycles. The monoisotopic (exact) mass is 267 g/mol. The molecule has 8 heteroatoms. The Morgan fingerprint density at radius 2 is 2.06 bits per heavy atom. The van der Waals surface area contributed by atoms with Gasteiger partial charge in [0.25, 0.3) is 0 Å². The van der Waals surface area contributed by atoms with Crippen LogP contribution < -0.4 is 0 Å². The lowest BCUT2D eigenvalue weighted by Gasteiger charge is -2.30. The minimum Gasteiger partial charge on any atom is -0.465 e. The Balaban J connectivity index is 2.64. The fourth-order valence-electron chi connectivity index (χ4n) is 1.67. The van der Waals surface area contributed by atoms with Crippen LogP contribution in [0.3, 0.4) is 0 Å². The Kier molecular flexibility index (Phi) is 4.31. The second kappa shape index (κ2) is 5.36. The second-order valence-corrected chi connectivity index (χ2v) is 3.78. The SMILES string of the molecule is CCOC(=O)C1CCN(C(=O)C(F)(F)F)CC1=O. The molecule has 0 N–H and O–H groups in total. The van der Waals surface area contributed by atoms with Crippen molar-refractivity contribution in [1.82, 2.24) is 4.90 Å². The summed E-state index contributed by atoms with van der Waals surface area (Å²) in [5.74, 6) is -4.60. The van der Waals surface area contributed by atoms with Gasteiger partial charge in [-0.25, -0.2) is 0 Å². The molecule has 0 aromatic carbocycles. The summed E-state index contributed by atoms with van der Waals surface area (Å²) >= 11 is 0. The van der Waals surface area contributed by atoms with Crippen molar-refractivity contribution in [3.8, 4) is 0 Å². The zero-order valence-electron chi connectivity index (χ0n) is 9.62. The quantitative estimate of drug-likeness (QED) is 0.541. The molecule has 0 spiro atoms. The number of Topliss-reactive ketones (excluding diaryl/α,β-unsaturated/α-hetero) is 1. The number of halogens is 3. The summed E-state index contributed by atoms with van der Waals surface area (Å²) < 4.78 is 41.1. The third-order valence-corrected chi connectivity index (χ3v) is 2.52. The number of carbonyl (C=O) groups excluding carboxylic acids is 3. The average molecular weight is 267 g/mol. The molecule has 5 nitrogen and oxygen atoms in total. The highest BCUT2D eigenvalue weighted by Gasteiger charge is 2.45. The minimum atomic E-state index is -5.00. The van der Waals surface area contributed by atoms with Crippen LogP contribution in [0.15, 0.2) is 0 Å². The van der Waals surface area contributed by atoms with Crippen LogP contribution in [0.1, 0.15) is 13.3 Å². The number of ketones is 1. The standard InChI is InChI=1S/C10H12F3NO4/c1-2-18-8(16)6-3-4-14(5-7(6)15)9(17)10(11,12)13/h6H,2-5H2,1H3. The van der Waals surface area contributed by atoms with Crippen LogP contribution in [0, 0.1) is 5.92 Å². The van der Waals surface area contributed by atoms with E-state index in [4.69, 9.17) is 0 Å². The fourth-order valence-corrected chi connectivity index (χ4v) is 1.67. The average Bonchev–Trinajstić information content (AvgIpc) is 2.26. The van der Waals surface area contributed by atoms with E-state index >= 15 is 0 Å². The van der Waals surface area contributed by atoms with E-state index in [9.17, 15) is 27.6 Å². The number of likely N-dealkylation sites (tertiary alicyclic amines) is 1. The lowest BCUT2D eigenvalue weighted by Crippen LogP contribution is -2.50. The Morgan fingerprint density at radius 1 is 1.44 bits per heavy atom. The molecule has 0 aliphatic carbocycles. The molecule has 0 radical (unpaired) electrons. The molecule has 1 atom stereocenters. The molecular weight excluding hydrogens is 255 g/mol. The topological polar surface area (TPSA) is 63.7 Å². The maximum atomic E-state index is 12.1. The molecule has 1 unspecified atom stereocenters. The van der Waals surface area contributed by atoms with Crippen LogP contribution in [-0.2, 0) is 19.1 Å². The molecule has 1 aliphatic rings. The second-order valence-electron chi connectivity index (χ2n) is 3.78. The summed E-state index contributed by atoms with van der Waals surface area (Å²) in [6.07, 6.45) is -5.14. The maximum absolute atomic E-state index is 12.1. The minimum absolute atomic E-state index is 0.0911. The number of amides is 1. The Labute approximate surface area is 101 Å². The predicted molar refractivity (Wildman–Crippen MR) is 52.4 cm³/mol. The summed E-state index contributed by atoms with van der Waals surface area (Å²) in [6, 6.07) is 0. The molecule has 1 rings (SSSR count). The Morgan fingerprint density at radius 3 is 2.50 bits per heavy atom. The third-order valence-electron chi connectivity index (χ3n) is 2.52. The highest BCUT2D eigenvalue weighted by molar-refractivity contribution is 6.02. The van der Waals surface area contributed by atoms with E-state index in [2.05, 4.69) is 4.74 Å². The van der Waals surface area contributed by atoms with Gasteiger partial charge in [-0.3, -0.25) is 14.4 Å². The van der Waals surface area contributed by atoms with Crippen LogP contribution >= 0.6 is 0 Å². The first-order valence-electron chi connectivity index (χ1n) is 5.32. The van der Waals surface area contributed by atoms with Gasteiger partial charge in [-0.05, 0) is 13.3 Å². The summed E-state index contributed by atoms with van der Waals surface area (Å²) in [6.45, 7) is 0.661. The van der Waals surface area contributed by atoms with E-state index in [1.807, 2.05) is 0 Å². The van der Waals surface area contributed by atoms with Gasteiger partial charge >= 0.3 is 18.1 Å². The van der Waals surface area contributed by atoms with E-state index in [1.165, 1.54) is 0 Å². The van der Waals surface area contributed by atoms with E-state index in [-0.39, 0.29) is 19.6 Å². The summed E-state index contributed by atoms with van der Waals surface area (Å²) in [4.78, 5) is 34.1. The maximum Gasteiger partial charge on any atom is 0.471 e. The van der Waals surface area contributed by atoms with Gasteiger partial charge in [0.05, 0.1) is 13.2 Å². The first kappa shape index (κ1) is 14.5. The smallest absolute Gasteiger partial charge is 0.465 e. The first-order chi connectivity index (χ1) is 8.27. The fraction of sp³-hybridized carbons (Fsp3) is 0.700. The predicted octanol–water partition coefficient (Wildman–Crippen LogP) is 0.529. The number of alkyl halides is 3. The van der Waals surface area contributed by atoms with E-state index < -0.39 is 36.3 Å². The van der Waals surface area contributed by atoms with E-state index in [0.717, 1.165) is 0 Å². The summed E-state index contributed by atoms with van der Waals surface area (Å²) in [5, 5.41) is 0. The zero-order chi connectivity index (χ0) is 13.9. The van der Waals surface area contributed by atoms with Crippen LogP contribution in [0.2, 0.25) is 0 Å². The van der Waals surface area contributed by atoms with Crippen molar-refractivity contribution in [1.29, 1.82) is 0 Å². The molecular formula is C10H12F3NO4. The molecule has 1 saturated heterocycles. The van der Waals surface area contributed by atoms with Crippen molar-refractivity contribution < 1.29 is 32.3 Å². The van der Waals surface area contributed by atoms with Crippen LogP contribution in [0.5, 0.6) is 0 Å². The van der Waals surface area contributed by atoms with Gasteiger partial charge in [-0.15, -0.1) is 0 Å². The summed E-state index contributed by atoms with van der Waals surface area (Å²) in [7, 11) is 0. The molecule has 0 aromatic rings. The van der Waals surface area contributed by atoms with Crippen LogP contribution in [0.25, 0.3) is 0 Å². The van der Waals surface area contributed by atoms with Crippen molar-refractivity contribution in [3.63, 3.8) is 0 Å². The molecule has 0 aromatic heterocycles. The van der Waals surface area contributed by atoms with Crippen LogP contribution in [0.4, 0.5) is 13.2 Å². The highest BCUT2D eigenvalue weighted by atomic mass is 19.4. The third kappa shape index (κ3) is 3.21.